The van der Waals surface area contributed by atoms with E-state index in [0.717, 1.165) is 16.7 Å². The van der Waals surface area contributed by atoms with Crippen LogP contribution in [0.25, 0.3) is 6.08 Å². The molecule has 0 bridgehead atoms. The average Bonchev–Trinajstić information content (AvgIpc) is 2.90. The third-order valence-corrected chi connectivity index (χ3v) is 4.52. The van der Waals surface area contributed by atoms with Crippen LogP contribution in [0.4, 0.5) is 4.79 Å². The molecule has 1 fully saturated rings. The number of benzene rings is 1. The monoisotopic (exact) mass is 379 g/mol. The number of thioether (sulfide) groups is 1. The Morgan fingerprint density at radius 2 is 1.92 bits per heavy atom. The van der Waals surface area contributed by atoms with E-state index in [9.17, 15) is 14.4 Å². The Kier molecular flexibility index (Phi) is 6.68. The lowest BCUT2D eigenvalue weighted by molar-refractivity contribution is -0.148. The molecule has 26 heavy (non-hydrogen) atoms. The van der Waals surface area contributed by atoms with E-state index in [1.165, 1.54) is 14.0 Å². The van der Waals surface area contributed by atoms with Crippen molar-refractivity contribution in [2.24, 2.45) is 0 Å². The lowest BCUT2D eigenvalue weighted by Gasteiger charge is -2.18. The summed E-state index contributed by atoms with van der Waals surface area (Å²) in [5, 5.41) is -0.511. The van der Waals surface area contributed by atoms with Gasteiger partial charge in [0.05, 0.1) is 25.2 Å². The van der Waals surface area contributed by atoms with Gasteiger partial charge in [-0.25, -0.2) is 4.79 Å². The first-order chi connectivity index (χ1) is 12.4. The third kappa shape index (κ3) is 4.19. The first kappa shape index (κ1) is 19.8. The van der Waals surface area contributed by atoms with Crippen molar-refractivity contribution in [3.63, 3.8) is 0 Å². The van der Waals surface area contributed by atoms with Gasteiger partial charge in [0.2, 0.25) is 0 Å². The van der Waals surface area contributed by atoms with Crippen LogP contribution in [-0.4, -0.2) is 48.4 Å². The van der Waals surface area contributed by atoms with E-state index in [0.29, 0.717) is 30.3 Å². The van der Waals surface area contributed by atoms with Gasteiger partial charge in [0.1, 0.15) is 17.5 Å². The van der Waals surface area contributed by atoms with Gasteiger partial charge in [-0.3, -0.25) is 14.5 Å². The average molecular weight is 379 g/mol. The van der Waals surface area contributed by atoms with Crippen LogP contribution in [0.15, 0.2) is 23.1 Å². The van der Waals surface area contributed by atoms with E-state index < -0.39 is 23.2 Å². The molecule has 1 aromatic carbocycles. The fourth-order valence-corrected chi connectivity index (χ4v) is 3.30. The Bertz CT molecular complexity index is 745. The van der Waals surface area contributed by atoms with Crippen molar-refractivity contribution < 1.29 is 28.6 Å². The van der Waals surface area contributed by atoms with Gasteiger partial charge in [-0.1, -0.05) is 0 Å². The zero-order valence-electron chi connectivity index (χ0n) is 15.1. The number of ether oxygens (including phenoxy) is 3. The van der Waals surface area contributed by atoms with Gasteiger partial charge in [0.15, 0.2) is 0 Å². The minimum Gasteiger partial charge on any atom is -0.494 e. The molecule has 1 aliphatic rings. The SMILES string of the molecule is CCOc1ccc(/C=C2/SC(=O)N([C@@H](C)C(=O)OC)C2=O)c(OCC)c1. The number of rotatable bonds is 7. The fraction of sp³-hybridized carbons (Fsp3) is 0.389. The maximum atomic E-state index is 12.6. The number of hydrogen-bond acceptors (Lipinski definition) is 7. The molecular formula is C18H21NO6S. The number of amides is 2. The first-order valence-corrected chi connectivity index (χ1v) is 8.99. The van der Waals surface area contributed by atoms with Crippen molar-refractivity contribution >= 4 is 35.0 Å². The summed E-state index contributed by atoms with van der Waals surface area (Å²) in [6.45, 7) is 6.15. The van der Waals surface area contributed by atoms with E-state index in [2.05, 4.69) is 4.74 Å². The minimum absolute atomic E-state index is 0.218. The topological polar surface area (TPSA) is 82.1 Å². The van der Waals surface area contributed by atoms with Crippen molar-refractivity contribution in [2.45, 2.75) is 26.8 Å². The molecule has 1 atom stereocenters. The number of esters is 1. The maximum absolute atomic E-state index is 12.6. The summed E-state index contributed by atoms with van der Waals surface area (Å²) in [5.74, 6) is 0.0191. The van der Waals surface area contributed by atoms with E-state index in [1.807, 2.05) is 13.8 Å². The van der Waals surface area contributed by atoms with Gasteiger partial charge < -0.3 is 14.2 Å². The van der Waals surface area contributed by atoms with Crippen LogP contribution >= 0.6 is 11.8 Å². The van der Waals surface area contributed by atoms with Gasteiger partial charge in [-0.2, -0.15) is 0 Å². The molecule has 2 amide bonds. The third-order valence-electron chi connectivity index (χ3n) is 3.64. The summed E-state index contributed by atoms with van der Waals surface area (Å²) in [6.07, 6.45) is 1.58. The normalized spacial score (nSPS) is 16.8. The number of carbonyl (C=O) groups is 3. The summed E-state index contributed by atoms with van der Waals surface area (Å²) < 4.78 is 15.7. The van der Waals surface area contributed by atoms with Crippen LogP contribution in [0.3, 0.4) is 0 Å². The highest BCUT2D eigenvalue weighted by Crippen LogP contribution is 2.36. The molecule has 1 saturated heterocycles. The highest BCUT2D eigenvalue weighted by Gasteiger charge is 2.41. The van der Waals surface area contributed by atoms with Crippen LogP contribution in [-0.2, 0) is 14.3 Å². The predicted octanol–water partition coefficient (Wildman–Crippen LogP) is 3.08. The fourth-order valence-electron chi connectivity index (χ4n) is 2.40. The lowest BCUT2D eigenvalue weighted by Crippen LogP contribution is -2.42. The second-order valence-corrected chi connectivity index (χ2v) is 6.31. The van der Waals surface area contributed by atoms with Crippen LogP contribution in [0.2, 0.25) is 0 Å². The number of imide groups is 1. The summed E-state index contributed by atoms with van der Waals surface area (Å²) in [5.41, 5.74) is 0.645. The minimum atomic E-state index is -0.981. The van der Waals surface area contributed by atoms with Crippen molar-refractivity contribution in [3.05, 3.63) is 28.7 Å². The van der Waals surface area contributed by atoms with E-state index >= 15 is 0 Å². The molecule has 0 unspecified atom stereocenters. The van der Waals surface area contributed by atoms with E-state index in [4.69, 9.17) is 9.47 Å². The predicted molar refractivity (Wildman–Crippen MR) is 98.1 cm³/mol. The molecule has 0 aliphatic carbocycles. The van der Waals surface area contributed by atoms with Crippen molar-refractivity contribution in [1.82, 2.24) is 4.90 Å². The Morgan fingerprint density at radius 1 is 1.23 bits per heavy atom. The number of hydrogen-bond donors (Lipinski definition) is 0. The standard InChI is InChI=1S/C18H21NO6S/c1-5-24-13-8-7-12(14(10-13)25-6-2)9-15-16(20)19(18(22)26-15)11(3)17(21)23-4/h7-11H,5-6H2,1-4H3/b15-9+/t11-/m0/s1. The lowest BCUT2D eigenvalue weighted by atomic mass is 10.1. The van der Waals surface area contributed by atoms with Crippen LogP contribution in [0.1, 0.15) is 26.3 Å². The maximum Gasteiger partial charge on any atom is 0.328 e. The molecule has 0 saturated carbocycles. The zero-order chi connectivity index (χ0) is 19.3. The summed E-state index contributed by atoms with van der Waals surface area (Å²) in [6, 6.07) is 4.28. The molecule has 1 heterocycles. The molecule has 2 rings (SSSR count). The Labute approximate surface area is 156 Å². The largest absolute Gasteiger partial charge is 0.494 e. The van der Waals surface area contributed by atoms with Crippen LogP contribution in [0, 0.1) is 0 Å². The molecule has 8 heteroatoms. The van der Waals surface area contributed by atoms with Gasteiger partial charge in [0, 0.05) is 11.6 Å². The summed E-state index contributed by atoms with van der Waals surface area (Å²) >= 11 is 0.778. The molecular weight excluding hydrogens is 358 g/mol. The highest BCUT2D eigenvalue weighted by atomic mass is 32.2. The quantitative estimate of drug-likeness (QED) is 0.532. The second-order valence-electron chi connectivity index (χ2n) is 5.32. The van der Waals surface area contributed by atoms with Crippen LogP contribution in [0.5, 0.6) is 11.5 Å². The summed E-state index contributed by atoms with van der Waals surface area (Å²) in [7, 11) is 1.21. The zero-order valence-corrected chi connectivity index (χ0v) is 15.9. The molecule has 0 aromatic heterocycles. The van der Waals surface area contributed by atoms with Crippen LogP contribution < -0.4 is 9.47 Å². The molecule has 1 aliphatic heterocycles. The number of methoxy groups -OCH3 is 1. The van der Waals surface area contributed by atoms with Crippen molar-refractivity contribution in [3.8, 4) is 11.5 Å². The Morgan fingerprint density at radius 3 is 2.54 bits per heavy atom. The molecule has 140 valence electrons. The van der Waals surface area contributed by atoms with Gasteiger partial charge >= 0.3 is 5.97 Å². The number of carbonyl (C=O) groups excluding carboxylic acids is 3. The Hall–Kier alpha value is -2.48. The van der Waals surface area contributed by atoms with Gasteiger partial charge in [-0.05, 0) is 50.7 Å². The van der Waals surface area contributed by atoms with E-state index in [-0.39, 0.29) is 4.91 Å². The van der Waals surface area contributed by atoms with Crippen molar-refractivity contribution in [2.75, 3.05) is 20.3 Å². The van der Waals surface area contributed by atoms with Gasteiger partial charge in [-0.15, -0.1) is 0 Å². The van der Waals surface area contributed by atoms with E-state index in [1.54, 1.807) is 24.3 Å². The summed E-state index contributed by atoms with van der Waals surface area (Å²) in [4.78, 5) is 37.5. The molecule has 0 spiro atoms. The molecule has 0 N–H and O–H groups in total. The smallest absolute Gasteiger partial charge is 0.328 e. The molecule has 7 nitrogen and oxygen atoms in total. The number of nitrogens with zero attached hydrogens (tertiary/aromatic N) is 1. The second kappa shape index (κ2) is 8.75. The molecule has 0 radical (unpaired) electrons. The molecule has 1 aromatic rings. The highest BCUT2D eigenvalue weighted by molar-refractivity contribution is 8.18. The first-order valence-electron chi connectivity index (χ1n) is 8.17. The Balaban J connectivity index is 2.33. The van der Waals surface area contributed by atoms with Gasteiger partial charge in [0.25, 0.3) is 11.1 Å². The van der Waals surface area contributed by atoms with Crippen molar-refractivity contribution in [1.29, 1.82) is 0 Å².